The number of aromatic nitrogens is 1. The molecule has 3 fully saturated rings. The van der Waals surface area contributed by atoms with Crippen LogP contribution >= 0.6 is 11.3 Å². The number of ether oxygens (including phenoxy) is 1. The first-order chi connectivity index (χ1) is 9.24. The molecule has 0 aromatic carbocycles. The van der Waals surface area contributed by atoms with Crippen LogP contribution < -0.4 is 5.32 Å². The molecule has 4 nitrogen and oxygen atoms in total. The van der Waals surface area contributed by atoms with Gasteiger partial charge in [0.2, 0.25) is 0 Å². The van der Waals surface area contributed by atoms with Crippen LogP contribution in [0.25, 0.3) is 0 Å². The third-order valence-electron chi connectivity index (χ3n) is 4.50. The molecule has 3 aliphatic heterocycles. The molecule has 0 radical (unpaired) electrons. The molecule has 0 amide bonds. The van der Waals surface area contributed by atoms with E-state index in [-0.39, 0.29) is 5.54 Å². The average Bonchev–Trinajstić information content (AvgIpc) is 2.88. The van der Waals surface area contributed by atoms with E-state index in [1.54, 1.807) is 7.11 Å². The molecule has 4 rings (SSSR count). The van der Waals surface area contributed by atoms with Crippen molar-refractivity contribution < 1.29 is 4.74 Å². The van der Waals surface area contributed by atoms with Crippen LogP contribution in [0.1, 0.15) is 23.5 Å². The van der Waals surface area contributed by atoms with Gasteiger partial charge in [0.05, 0.1) is 12.1 Å². The number of methoxy groups -OCH3 is 1. The van der Waals surface area contributed by atoms with Crippen molar-refractivity contribution in [3.8, 4) is 0 Å². The van der Waals surface area contributed by atoms with Gasteiger partial charge in [0, 0.05) is 31.3 Å². The van der Waals surface area contributed by atoms with Gasteiger partial charge >= 0.3 is 0 Å². The molecule has 4 heterocycles. The summed E-state index contributed by atoms with van der Waals surface area (Å²) in [5.74, 6) is 0.722. The molecule has 19 heavy (non-hydrogen) atoms. The Morgan fingerprint density at radius 1 is 1.53 bits per heavy atom. The van der Waals surface area contributed by atoms with Crippen molar-refractivity contribution in [2.45, 2.75) is 25.3 Å². The maximum atomic E-state index is 5.21. The SMILES string of the molecule is COCCNC1(c2nc(C)cs2)CN2CCC1CC2. The van der Waals surface area contributed by atoms with Crippen LogP contribution in [0.15, 0.2) is 5.38 Å². The van der Waals surface area contributed by atoms with Gasteiger partial charge < -0.3 is 15.0 Å². The molecule has 1 unspecified atom stereocenters. The Morgan fingerprint density at radius 2 is 2.32 bits per heavy atom. The van der Waals surface area contributed by atoms with Gasteiger partial charge in [-0.3, -0.25) is 0 Å². The van der Waals surface area contributed by atoms with Crippen LogP contribution in [0.5, 0.6) is 0 Å². The molecule has 3 saturated heterocycles. The summed E-state index contributed by atoms with van der Waals surface area (Å²) < 4.78 is 5.21. The molecule has 5 heteroatoms. The first-order valence-corrected chi connectivity index (χ1v) is 8.01. The number of rotatable bonds is 5. The molecule has 0 spiro atoms. The first kappa shape index (κ1) is 13.5. The summed E-state index contributed by atoms with van der Waals surface area (Å²) in [7, 11) is 1.76. The maximum Gasteiger partial charge on any atom is 0.115 e. The Hall–Kier alpha value is -0.490. The third kappa shape index (κ3) is 2.44. The van der Waals surface area contributed by atoms with Crippen molar-refractivity contribution in [1.29, 1.82) is 0 Å². The molecule has 1 aromatic rings. The molecule has 1 N–H and O–H groups in total. The molecule has 1 aromatic heterocycles. The molecule has 0 saturated carbocycles. The van der Waals surface area contributed by atoms with Gasteiger partial charge in [-0.2, -0.15) is 0 Å². The number of piperidine rings is 3. The fourth-order valence-electron chi connectivity index (χ4n) is 3.52. The number of hydrogen-bond donors (Lipinski definition) is 1. The van der Waals surface area contributed by atoms with E-state index in [1.165, 1.54) is 30.9 Å². The predicted octanol–water partition coefficient (Wildman–Crippen LogP) is 1.61. The van der Waals surface area contributed by atoms with E-state index in [0.29, 0.717) is 0 Å². The van der Waals surface area contributed by atoms with Crippen LogP contribution in [0.2, 0.25) is 0 Å². The molecular weight excluding hydrogens is 258 g/mol. The second kappa shape index (κ2) is 5.48. The van der Waals surface area contributed by atoms with Crippen LogP contribution in [0.3, 0.4) is 0 Å². The monoisotopic (exact) mass is 281 g/mol. The summed E-state index contributed by atoms with van der Waals surface area (Å²) in [4.78, 5) is 7.37. The van der Waals surface area contributed by atoms with Crippen molar-refractivity contribution in [3.63, 3.8) is 0 Å². The number of nitrogens with one attached hydrogen (secondary N) is 1. The Kier molecular flexibility index (Phi) is 3.89. The summed E-state index contributed by atoms with van der Waals surface area (Å²) in [5.41, 5.74) is 1.21. The second-order valence-corrected chi connectivity index (χ2v) is 6.59. The normalized spacial score (nSPS) is 33.8. The number of nitrogens with zero attached hydrogens (tertiary/aromatic N) is 2. The van der Waals surface area contributed by atoms with E-state index in [4.69, 9.17) is 9.72 Å². The van der Waals surface area contributed by atoms with Crippen molar-refractivity contribution in [3.05, 3.63) is 16.1 Å². The van der Waals surface area contributed by atoms with Gasteiger partial charge in [0.15, 0.2) is 0 Å². The highest BCUT2D eigenvalue weighted by atomic mass is 32.1. The highest BCUT2D eigenvalue weighted by Crippen LogP contribution is 2.43. The number of fused-ring (bicyclic) bond motifs is 3. The minimum Gasteiger partial charge on any atom is -0.383 e. The lowest BCUT2D eigenvalue weighted by Crippen LogP contribution is -2.64. The van der Waals surface area contributed by atoms with Crippen LogP contribution in [-0.2, 0) is 10.3 Å². The van der Waals surface area contributed by atoms with E-state index in [9.17, 15) is 0 Å². The zero-order valence-corrected chi connectivity index (χ0v) is 12.6. The fraction of sp³-hybridized carbons (Fsp3) is 0.786. The maximum absolute atomic E-state index is 5.21. The third-order valence-corrected chi connectivity index (χ3v) is 5.64. The topological polar surface area (TPSA) is 37.4 Å². The van der Waals surface area contributed by atoms with Crippen LogP contribution in [0, 0.1) is 12.8 Å². The highest BCUT2D eigenvalue weighted by Gasteiger charge is 2.49. The van der Waals surface area contributed by atoms with Crippen LogP contribution in [-0.4, -0.2) is 49.8 Å². The Morgan fingerprint density at radius 3 is 2.84 bits per heavy atom. The molecule has 106 valence electrons. The van der Waals surface area contributed by atoms with E-state index in [1.807, 2.05) is 11.3 Å². The Balaban J connectivity index is 1.87. The van der Waals surface area contributed by atoms with Gasteiger partial charge in [-0.1, -0.05) is 0 Å². The van der Waals surface area contributed by atoms with Gasteiger partial charge in [0.1, 0.15) is 5.01 Å². The van der Waals surface area contributed by atoms with Gasteiger partial charge in [-0.25, -0.2) is 4.98 Å². The number of thiazole rings is 1. The summed E-state index contributed by atoms with van der Waals surface area (Å²) >= 11 is 1.81. The van der Waals surface area contributed by atoms with E-state index >= 15 is 0 Å². The second-order valence-electron chi connectivity index (χ2n) is 5.74. The predicted molar refractivity (Wildman–Crippen MR) is 77.6 cm³/mol. The molecule has 1 atom stereocenters. The summed E-state index contributed by atoms with van der Waals surface area (Å²) in [6, 6.07) is 0. The van der Waals surface area contributed by atoms with Gasteiger partial charge in [0.25, 0.3) is 0 Å². The lowest BCUT2D eigenvalue weighted by Gasteiger charge is -2.52. The van der Waals surface area contributed by atoms with Crippen molar-refractivity contribution in [2.75, 3.05) is 39.9 Å². The Bertz CT molecular complexity index is 428. The molecule has 0 aliphatic carbocycles. The quantitative estimate of drug-likeness (QED) is 0.832. The Labute approximate surface area is 119 Å². The highest BCUT2D eigenvalue weighted by molar-refractivity contribution is 7.09. The minimum atomic E-state index is 0.0634. The first-order valence-electron chi connectivity index (χ1n) is 7.13. The average molecular weight is 281 g/mol. The standard InChI is InChI=1S/C14H23N3OS/c1-11-9-19-13(16-11)14(15-5-8-18-2)10-17-6-3-12(14)4-7-17/h9,12,15H,3-8,10H2,1-2H3. The van der Waals surface area contributed by atoms with Crippen molar-refractivity contribution >= 4 is 11.3 Å². The summed E-state index contributed by atoms with van der Waals surface area (Å²) in [6.45, 7) is 7.36. The smallest absolute Gasteiger partial charge is 0.115 e. The number of hydrogen-bond acceptors (Lipinski definition) is 5. The largest absolute Gasteiger partial charge is 0.383 e. The summed E-state index contributed by atoms with van der Waals surface area (Å²) in [5, 5.41) is 7.23. The van der Waals surface area contributed by atoms with E-state index in [0.717, 1.165) is 31.3 Å². The van der Waals surface area contributed by atoms with Gasteiger partial charge in [-0.05, 0) is 38.8 Å². The minimum absolute atomic E-state index is 0.0634. The van der Waals surface area contributed by atoms with Crippen molar-refractivity contribution in [2.24, 2.45) is 5.92 Å². The lowest BCUT2D eigenvalue weighted by molar-refractivity contribution is -0.000236. The molecular formula is C14H23N3OS. The zero-order valence-electron chi connectivity index (χ0n) is 11.8. The summed E-state index contributed by atoms with van der Waals surface area (Å²) in [6.07, 6.45) is 2.58. The zero-order chi connectivity index (χ0) is 13.3. The van der Waals surface area contributed by atoms with Gasteiger partial charge in [-0.15, -0.1) is 11.3 Å². The molecule has 2 bridgehead atoms. The van der Waals surface area contributed by atoms with E-state index < -0.39 is 0 Å². The van der Waals surface area contributed by atoms with Crippen molar-refractivity contribution in [1.82, 2.24) is 15.2 Å². The lowest BCUT2D eigenvalue weighted by atomic mass is 9.73. The number of aryl methyl sites for hydroxylation is 1. The van der Waals surface area contributed by atoms with Crippen LogP contribution in [0.4, 0.5) is 0 Å². The fourth-order valence-corrected chi connectivity index (χ4v) is 4.56. The van der Waals surface area contributed by atoms with E-state index in [2.05, 4.69) is 22.5 Å². The molecule has 3 aliphatic rings.